The first kappa shape index (κ1) is 25.2. The van der Waals surface area contributed by atoms with Crippen molar-refractivity contribution >= 4 is 17.6 Å². The summed E-state index contributed by atoms with van der Waals surface area (Å²) in [6, 6.07) is 20.6. The number of nitrogens with two attached hydrogens (primary N) is 1. The molecule has 0 saturated carbocycles. The van der Waals surface area contributed by atoms with Crippen molar-refractivity contribution in [2.45, 2.75) is 38.1 Å². The summed E-state index contributed by atoms with van der Waals surface area (Å²) in [6.45, 7) is 1.51. The number of ether oxygens (including phenoxy) is 1. The highest BCUT2D eigenvalue weighted by molar-refractivity contribution is 5.98. The van der Waals surface area contributed by atoms with E-state index in [2.05, 4.69) is 17.1 Å². The Bertz CT molecular complexity index is 1170. The number of anilines is 1. The lowest BCUT2D eigenvalue weighted by Crippen LogP contribution is -2.46. The van der Waals surface area contributed by atoms with Crippen molar-refractivity contribution in [3.05, 3.63) is 89.6 Å². The van der Waals surface area contributed by atoms with Gasteiger partial charge in [0.15, 0.2) is 0 Å². The molecule has 1 aliphatic heterocycles. The highest BCUT2D eigenvalue weighted by Gasteiger charge is 2.28. The lowest BCUT2D eigenvalue weighted by atomic mass is 10.0. The SMILES string of the molecule is CN1CCCCCCN(C(=O)c2cccnc2N)[C@@H](Cc2ccccc2)COc2ccccc2C1=O. The van der Waals surface area contributed by atoms with Crippen molar-refractivity contribution in [2.24, 2.45) is 0 Å². The summed E-state index contributed by atoms with van der Waals surface area (Å²) in [7, 11) is 1.84. The van der Waals surface area contributed by atoms with Crippen molar-refractivity contribution in [1.29, 1.82) is 0 Å². The van der Waals surface area contributed by atoms with Gasteiger partial charge in [0.2, 0.25) is 0 Å². The molecule has 1 atom stereocenters. The molecule has 0 unspecified atom stereocenters. The fourth-order valence-corrected chi connectivity index (χ4v) is 4.60. The van der Waals surface area contributed by atoms with Gasteiger partial charge in [0.25, 0.3) is 11.8 Å². The van der Waals surface area contributed by atoms with Gasteiger partial charge < -0.3 is 20.3 Å². The number of nitrogen functional groups attached to an aromatic ring is 1. The number of carbonyl (C=O) groups excluding carboxylic acids is 2. The molecule has 1 aliphatic rings. The molecular formula is C29H34N4O3. The number of benzene rings is 2. The molecule has 1 aromatic heterocycles. The number of amides is 2. The second kappa shape index (κ2) is 12.2. The zero-order valence-corrected chi connectivity index (χ0v) is 20.8. The van der Waals surface area contributed by atoms with Gasteiger partial charge in [-0.3, -0.25) is 9.59 Å². The van der Waals surface area contributed by atoms with Crippen LogP contribution in [-0.2, 0) is 6.42 Å². The first-order valence-electron chi connectivity index (χ1n) is 12.6. The highest BCUT2D eigenvalue weighted by Crippen LogP contribution is 2.23. The van der Waals surface area contributed by atoms with Crippen LogP contribution in [0.2, 0.25) is 0 Å². The van der Waals surface area contributed by atoms with Gasteiger partial charge in [0.1, 0.15) is 18.2 Å². The summed E-state index contributed by atoms with van der Waals surface area (Å²) in [4.78, 5) is 34.7. The van der Waals surface area contributed by atoms with Gasteiger partial charge in [0, 0.05) is 26.3 Å². The molecule has 0 radical (unpaired) electrons. The number of hydrogen-bond donors (Lipinski definition) is 1. The van der Waals surface area contributed by atoms with Crippen molar-refractivity contribution < 1.29 is 14.3 Å². The molecule has 0 fully saturated rings. The number of aromatic nitrogens is 1. The van der Waals surface area contributed by atoms with Gasteiger partial charge in [-0.25, -0.2) is 4.98 Å². The average Bonchev–Trinajstić information content (AvgIpc) is 2.90. The molecule has 4 rings (SSSR count). The summed E-state index contributed by atoms with van der Waals surface area (Å²) in [5.74, 6) is 0.540. The number of fused-ring (bicyclic) bond motifs is 1. The maximum Gasteiger partial charge on any atom is 0.257 e. The van der Waals surface area contributed by atoms with Crippen molar-refractivity contribution in [2.75, 3.05) is 32.5 Å². The van der Waals surface area contributed by atoms with E-state index >= 15 is 0 Å². The summed E-state index contributed by atoms with van der Waals surface area (Å²) in [5.41, 5.74) is 8.13. The Labute approximate surface area is 212 Å². The highest BCUT2D eigenvalue weighted by atomic mass is 16.5. The third-order valence-corrected chi connectivity index (χ3v) is 6.62. The minimum atomic E-state index is -0.261. The van der Waals surface area contributed by atoms with Crippen LogP contribution < -0.4 is 10.5 Å². The van der Waals surface area contributed by atoms with Crippen LogP contribution in [0.3, 0.4) is 0 Å². The zero-order chi connectivity index (χ0) is 25.3. The predicted molar refractivity (Wildman–Crippen MR) is 141 cm³/mol. The molecule has 2 heterocycles. The molecular weight excluding hydrogens is 452 g/mol. The van der Waals surface area contributed by atoms with Crippen LogP contribution in [0.5, 0.6) is 5.75 Å². The summed E-state index contributed by atoms with van der Waals surface area (Å²) >= 11 is 0. The number of nitrogens with zero attached hydrogens (tertiary/aromatic N) is 3. The third-order valence-electron chi connectivity index (χ3n) is 6.62. The molecule has 7 nitrogen and oxygen atoms in total. The molecule has 0 saturated heterocycles. The summed E-state index contributed by atoms with van der Waals surface area (Å²) in [6.07, 6.45) is 5.90. The Morgan fingerprint density at radius 2 is 1.69 bits per heavy atom. The maximum atomic E-state index is 13.8. The van der Waals surface area contributed by atoms with E-state index < -0.39 is 0 Å². The van der Waals surface area contributed by atoms with Gasteiger partial charge in [-0.05, 0) is 49.1 Å². The van der Waals surface area contributed by atoms with Crippen molar-refractivity contribution in [1.82, 2.24) is 14.8 Å². The Balaban J connectivity index is 1.70. The van der Waals surface area contributed by atoms with Crippen LogP contribution in [0.4, 0.5) is 5.82 Å². The summed E-state index contributed by atoms with van der Waals surface area (Å²) < 4.78 is 6.29. The second-order valence-corrected chi connectivity index (χ2v) is 9.23. The molecule has 2 amide bonds. The predicted octanol–water partition coefficient (Wildman–Crippen LogP) is 4.44. The Hall–Kier alpha value is -3.87. The van der Waals surface area contributed by atoms with Crippen LogP contribution in [0, 0.1) is 0 Å². The van der Waals surface area contributed by atoms with Crippen molar-refractivity contribution in [3.8, 4) is 5.75 Å². The van der Waals surface area contributed by atoms with E-state index in [1.54, 1.807) is 29.3 Å². The van der Waals surface area contributed by atoms with E-state index in [0.29, 0.717) is 36.4 Å². The quantitative estimate of drug-likeness (QED) is 0.591. The number of para-hydroxylation sites is 1. The fraction of sp³-hybridized carbons (Fsp3) is 0.345. The number of hydrogen-bond acceptors (Lipinski definition) is 5. The van der Waals surface area contributed by atoms with Crippen LogP contribution in [0.25, 0.3) is 0 Å². The van der Waals surface area contributed by atoms with E-state index in [4.69, 9.17) is 10.5 Å². The van der Waals surface area contributed by atoms with Gasteiger partial charge in [-0.15, -0.1) is 0 Å². The standard InChI is InChI=1S/C29H34N4O3/c1-32-18-9-2-3-10-19-33(29(35)25-15-11-17-31-27(25)30)23(20-22-12-5-4-6-13-22)21-36-26-16-8-7-14-24(26)28(32)34/h4-8,11-17,23H,2-3,9-10,18-21H2,1H3,(H2,30,31)/t23-/m0/s1. The maximum absolute atomic E-state index is 13.8. The Morgan fingerprint density at radius 3 is 2.47 bits per heavy atom. The summed E-state index contributed by atoms with van der Waals surface area (Å²) in [5, 5.41) is 0. The van der Waals surface area contributed by atoms with Gasteiger partial charge in [-0.2, -0.15) is 0 Å². The number of pyridine rings is 1. The fourth-order valence-electron chi connectivity index (χ4n) is 4.60. The van der Waals surface area contributed by atoms with Gasteiger partial charge >= 0.3 is 0 Å². The van der Waals surface area contributed by atoms with E-state index in [0.717, 1.165) is 31.2 Å². The lowest BCUT2D eigenvalue weighted by Gasteiger charge is -2.33. The normalized spacial score (nSPS) is 17.6. The van der Waals surface area contributed by atoms with Gasteiger partial charge in [0.05, 0.1) is 17.2 Å². The molecule has 0 aliphatic carbocycles. The van der Waals surface area contributed by atoms with Crippen molar-refractivity contribution in [3.63, 3.8) is 0 Å². The van der Waals surface area contributed by atoms with Crippen LogP contribution in [0.1, 0.15) is 52.0 Å². The average molecular weight is 487 g/mol. The Kier molecular flexibility index (Phi) is 8.55. The molecule has 0 bridgehead atoms. The minimum Gasteiger partial charge on any atom is -0.491 e. The molecule has 7 heteroatoms. The molecule has 2 N–H and O–H groups in total. The second-order valence-electron chi connectivity index (χ2n) is 9.23. The topological polar surface area (TPSA) is 88.8 Å². The number of rotatable bonds is 3. The molecule has 188 valence electrons. The monoisotopic (exact) mass is 486 g/mol. The first-order valence-corrected chi connectivity index (χ1v) is 12.6. The van der Waals surface area contributed by atoms with E-state index in [1.807, 2.05) is 48.3 Å². The smallest absolute Gasteiger partial charge is 0.257 e. The zero-order valence-electron chi connectivity index (χ0n) is 20.8. The van der Waals surface area contributed by atoms with E-state index in [1.165, 1.54) is 0 Å². The van der Waals surface area contributed by atoms with Crippen LogP contribution in [0.15, 0.2) is 72.9 Å². The molecule has 2 aromatic carbocycles. The van der Waals surface area contributed by atoms with Crippen LogP contribution in [-0.4, -0.2) is 59.4 Å². The first-order chi connectivity index (χ1) is 17.5. The van der Waals surface area contributed by atoms with Gasteiger partial charge in [-0.1, -0.05) is 55.3 Å². The Morgan fingerprint density at radius 1 is 0.972 bits per heavy atom. The minimum absolute atomic E-state index is 0.0571. The molecule has 0 spiro atoms. The van der Waals surface area contributed by atoms with E-state index in [9.17, 15) is 9.59 Å². The molecule has 36 heavy (non-hydrogen) atoms. The number of carbonyl (C=O) groups is 2. The lowest BCUT2D eigenvalue weighted by molar-refractivity contribution is 0.0600. The van der Waals surface area contributed by atoms with E-state index in [-0.39, 0.29) is 30.3 Å². The van der Waals surface area contributed by atoms with Crippen LogP contribution >= 0.6 is 0 Å². The third kappa shape index (κ3) is 6.22. The largest absolute Gasteiger partial charge is 0.491 e. The molecule has 3 aromatic rings.